The van der Waals surface area contributed by atoms with Crippen LogP contribution in [0.2, 0.25) is 0 Å². The lowest BCUT2D eigenvalue weighted by molar-refractivity contribution is -0.120. The zero-order chi connectivity index (χ0) is 18.7. The molecule has 1 saturated heterocycles. The Labute approximate surface area is 154 Å². The topological polar surface area (TPSA) is 88.2 Å². The maximum atomic E-state index is 12.4. The van der Waals surface area contributed by atoms with Crippen LogP contribution in [0.15, 0.2) is 18.2 Å². The number of likely N-dealkylation sites (tertiary alicyclic amines) is 1. The van der Waals surface area contributed by atoms with Crippen LogP contribution in [0.25, 0.3) is 0 Å². The van der Waals surface area contributed by atoms with E-state index in [1.807, 2.05) is 7.05 Å². The lowest BCUT2D eigenvalue weighted by Crippen LogP contribution is -2.47. The van der Waals surface area contributed by atoms with Gasteiger partial charge in [-0.1, -0.05) is 0 Å². The predicted molar refractivity (Wildman–Crippen MR) is 98.3 cm³/mol. The van der Waals surface area contributed by atoms with E-state index in [1.54, 1.807) is 18.2 Å². The Morgan fingerprint density at radius 1 is 1.23 bits per heavy atom. The number of sulfonamides is 1. The first-order valence-corrected chi connectivity index (χ1v) is 10.5. The standard InChI is InChI=1S/C17H25N3O5S/c1-19-7-5-13(6-8-19)18-17(21)12-20(26(2,22)23)14-3-4-15-16(11-14)25-10-9-24-15/h3-4,11,13H,5-10,12H2,1-2H3,(H,18,21). The third kappa shape index (κ3) is 4.59. The highest BCUT2D eigenvalue weighted by Crippen LogP contribution is 2.34. The molecule has 2 aliphatic heterocycles. The van der Waals surface area contributed by atoms with Crippen molar-refractivity contribution in [2.24, 2.45) is 0 Å². The molecule has 1 aromatic rings. The summed E-state index contributed by atoms with van der Waals surface area (Å²) < 4.78 is 36.5. The number of anilines is 1. The van der Waals surface area contributed by atoms with Crippen molar-refractivity contribution in [1.82, 2.24) is 10.2 Å². The van der Waals surface area contributed by atoms with Crippen molar-refractivity contribution in [3.8, 4) is 11.5 Å². The van der Waals surface area contributed by atoms with Crippen molar-refractivity contribution in [2.75, 3.05) is 50.5 Å². The Morgan fingerprint density at radius 2 is 1.88 bits per heavy atom. The lowest BCUT2D eigenvalue weighted by Gasteiger charge is -2.30. The number of amides is 1. The van der Waals surface area contributed by atoms with E-state index in [2.05, 4.69) is 10.2 Å². The maximum absolute atomic E-state index is 12.4. The molecule has 0 spiro atoms. The van der Waals surface area contributed by atoms with Crippen molar-refractivity contribution in [2.45, 2.75) is 18.9 Å². The zero-order valence-electron chi connectivity index (χ0n) is 15.1. The third-order valence-corrected chi connectivity index (χ3v) is 5.73. The first-order valence-electron chi connectivity index (χ1n) is 8.68. The Kier molecular flexibility index (Phi) is 5.57. The van der Waals surface area contributed by atoms with Gasteiger partial charge in [0.15, 0.2) is 11.5 Å². The van der Waals surface area contributed by atoms with E-state index in [9.17, 15) is 13.2 Å². The Balaban J connectivity index is 1.71. The van der Waals surface area contributed by atoms with E-state index in [0.29, 0.717) is 30.4 Å². The van der Waals surface area contributed by atoms with Crippen molar-refractivity contribution < 1.29 is 22.7 Å². The summed E-state index contributed by atoms with van der Waals surface area (Å²) in [5.41, 5.74) is 0.385. The summed E-state index contributed by atoms with van der Waals surface area (Å²) in [5, 5.41) is 2.95. The molecule has 1 amide bonds. The van der Waals surface area contributed by atoms with Crippen LogP contribution < -0.4 is 19.1 Å². The molecule has 9 heteroatoms. The molecule has 0 bridgehead atoms. The van der Waals surface area contributed by atoms with Gasteiger partial charge in [0.1, 0.15) is 19.8 Å². The van der Waals surface area contributed by atoms with E-state index in [-0.39, 0.29) is 18.5 Å². The predicted octanol–water partition coefficient (Wildman–Crippen LogP) is 0.434. The fourth-order valence-electron chi connectivity index (χ4n) is 3.14. The molecule has 0 radical (unpaired) electrons. The number of piperidine rings is 1. The molecule has 0 unspecified atom stereocenters. The van der Waals surface area contributed by atoms with Gasteiger partial charge in [-0.05, 0) is 45.1 Å². The number of ether oxygens (including phenoxy) is 2. The monoisotopic (exact) mass is 383 g/mol. The minimum atomic E-state index is -3.62. The van der Waals surface area contributed by atoms with Gasteiger partial charge in [0, 0.05) is 12.1 Å². The fraction of sp³-hybridized carbons (Fsp3) is 0.588. The number of nitrogens with zero attached hydrogens (tertiary/aromatic N) is 2. The molecule has 0 aromatic heterocycles. The summed E-state index contributed by atoms with van der Waals surface area (Å²) in [6, 6.07) is 4.97. The minimum Gasteiger partial charge on any atom is -0.486 e. The van der Waals surface area contributed by atoms with Gasteiger partial charge in [-0.3, -0.25) is 9.10 Å². The number of nitrogens with one attached hydrogen (secondary N) is 1. The second-order valence-electron chi connectivity index (χ2n) is 6.74. The van der Waals surface area contributed by atoms with Gasteiger partial charge < -0.3 is 19.7 Å². The number of hydrogen-bond acceptors (Lipinski definition) is 6. The molecule has 1 N–H and O–H groups in total. The van der Waals surface area contributed by atoms with Gasteiger partial charge >= 0.3 is 0 Å². The summed E-state index contributed by atoms with van der Waals surface area (Å²) in [6.07, 6.45) is 2.82. The largest absolute Gasteiger partial charge is 0.486 e. The molecule has 1 aromatic carbocycles. The molecule has 0 aliphatic carbocycles. The molecule has 0 saturated carbocycles. The van der Waals surface area contributed by atoms with Crippen LogP contribution in [-0.4, -0.2) is 71.4 Å². The van der Waals surface area contributed by atoms with Gasteiger partial charge in [-0.25, -0.2) is 8.42 Å². The smallest absolute Gasteiger partial charge is 0.240 e. The minimum absolute atomic E-state index is 0.0837. The summed E-state index contributed by atoms with van der Waals surface area (Å²) in [7, 11) is -1.57. The summed E-state index contributed by atoms with van der Waals surface area (Å²) >= 11 is 0. The van der Waals surface area contributed by atoms with Gasteiger partial charge in [-0.2, -0.15) is 0 Å². The van der Waals surface area contributed by atoms with Gasteiger partial charge in [0.25, 0.3) is 0 Å². The van der Waals surface area contributed by atoms with Gasteiger partial charge in [-0.15, -0.1) is 0 Å². The number of fused-ring (bicyclic) bond motifs is 1. The molecule has 3 rings (SSSR count). The Hall–Kier alpha value is -2.00. The molecular weight excluding hydrogens is 358 g/mol. The Bertz CT molecular complexity index is 760. The molecule has 1 fully saturated rings. The van der Waals surface area contributed by atoms with Gasteiger partial charge in [0.05, 0.1) is 11.9 Å². The van der Waals surface area contributed by atoms with E-state index >= 15 is 0 Å². The molecule has 8 nitrogen and oxygen atoms in total. The van der Waals surface area contributed by atoms with Crippen LogP contribution in [-0.2, 0) is 14.8 Å². The molecule has 144 valence electrons. The van der Waals surface area contributed by atoms with E-state index < -0.39 is 10.0 Å². The van der Waals surface area contributed by atoms with Crippen molar-refractivity contribution in [1.29, 1.82) is 0 Å². The van der Waals surface area contributed by atoms with Crippen LogP contribution in [0.1, 0.15) is 12.8 Å². The second-order valence-corrected chi connectivity index (χ2v) is 8.65. The SMILES string of the molecule is CN1CCC(NC(=O)CN(c2ccc3c(c2)OCCO3)S(C)(=O)=O)CC1. The molecule has 26 heavy (non-hydrogen) atoms. The van der Waals surface area contributed by atoms with Crippen molar-refractivity contribution >= 4 is 21.6 Å². The van der Waals surface area contributed by atoms with E-state index in [0.717, 1.165) is 36.5 Å². The molecular formula is C17H25N3O5S. The normalized spacial score (nSPS) is 18.4. The number of benzene rings is 1. The van der Waals surface area contributed by atoms with E-state index in [1.165, 1.54) is 0 Å². The summed E-state index contributed by atoms with van der Waals surface area (Å²) in [5.74, 6) is 0.752. The molecule has 2 aliphatic rings. The number of rotatable bonds is 5. The number of carbonyl (C=O) groups is 1. The second kappa shape index (κ2) is 7.71. The van der Waals surface area contributed by atoms with Crippen LogP contribution in [0.4, 0.5) is 5.69 Å². The maximum Gasteiger partial charge on any atom is 0.240 e. The Morgan fingerprint density at radius 3 is 2.54 bits per heavy atom. The first kappa shape index (κ1) is 18.8. The van der Waals surface area contributed by atoms with Crippen LogP contribution in [0.3, 0.4) is 0 Å². The van der Waals surface area contributed by atoms with Crippen LogP contribution in [0.5, 0.6) is 11.5 Å². The van der Waals surface area contributed by atoms with Crippen LogP contribution in [0, 0.1) is 0 Å². The highest BCUT2D eigenvalue weighted by molar-refractivity contribution is 7.92. The molecule has 0 atom stereocenters. The lowest BCUT2D eigenvalue weighted by atomic mass is 10.1. The molecule has 2 heterocycles. The third-order valence-electron chi connectivity index (χ3n) is 4.58. The van der Waals surface area contributed by atoms with E-state index in [4.69, 9.17) is 9.47 Å². The average molecular weight is 383 g/mol. The van der Waals surface area contributed by atoms with Gasteiger partial charge in [0.2, 0.25) is 15.9 Å². The van der Waals surface area contributed by atoms with Crippen molar-refractivity contribution in [3.63, 3.8) is 0 Å². The quantitative estimate of drug-likeness (QED) is 0.794. The average Bonchev–Trinajstić information content (AvgIpc) is 2.60. The highest BCUT2D eigenvalue weighted by atomic mass is 32.2. The summed E-state index contributed by atoms with van der Waals surface area (Å²) in [4.78, 5) is 14.6. The number of hydrogen-bond donors (Lipinski definition) is 1. The first-order chi connectivity index (χ1) is 12.3. The fourth-order valence-corrected chi connectivity index (χ4v) is 3.99. The highest BCUT2D eigenvalue weighted by Gasteiger charge is 2.25. The zero-order valence-corrected chi connectivity index (χ0v) is 15.9. The summed E-state index contributed by atoms with van der Waals surface area (Å²) in [6.45, 7) is 2.45. The van der Waals surface area contributed by atoms with Crippen molar-refractivity contribution in [3.05, 3.63) is 18.2 Å². The number of carbonyl (C=O) groups excluding carboxylic acids is 1. The van der Waals surface area contributed by atoms with Crippen LogP contribution >= 0.6 is 0 Å².